The van der Waals surface area contributed by atoms with Gasteiger partial charge in [-0.1, -0.05) is 50.1 Å². The average Bonchev–Trinajstić information content (AvgIpc) is 2.68. The minimum Gasteiger partial charge on any atom is -0.507 e. The maximum absolute atomic E-state index is 13.2. The first kappa shape index (κ1) is 22.4. The smallest absolute Gasteiger partial charge is 0.247 e. The number of nitrogens with zero attached hydrogens (tertiary/aromatic N) is 1. The molecule has 0 spiro atoms. The van der Waals surface area contributed by atoms with Crippen molar-refractivity contribution in [3.8, 4) is 5.75 Å². The van der Waals surface area contributed by atoms with Gasteiger partial charge in [-0.05, 0) is 43.9 Å². The van der Waals surface area contributed by atoms with Gasteiger partial charge in [0.15, 0.2) is 0 Å². The molecule has 8 heteroatoms. The fourth-order valence-corrected chi connectivity index (χ4v) is 6.44. The van der Waals surface area contributed by atoms with Crippen molar-refractivity contribution in [3.63, 3.8) is 0 Å². The van der Waals surface area contributed by atoms with Crippen LogP contribution in [0.15, 0.2) is 23.1 Å². The first-order valence-corrected chi connectivity index (χ1v) is 12.5. The molecule has 2 aliphatic rings. The molecule has 2 N–H and O–H groups in total. The zero-order valence-corrected chi connectivity index (χ0v) is 18.3. The van der Waals surface area contributed by atoms with Gasteiger partial charge in [0.1, 0.15) is 10.6 Å². The van der Waals surface area contributed by atoms with Gasteiger partial charge >= 0.3 is 0 Å². The van der Waals surface area contributed by atoms with Crippen LogP contribution in [0.2, 0.25) is 5.02 Å². The summed E-state index contributed by atoms with van der Waals surface area (Å²) in [5.74, 6) is -0.237. The minimum absolute atomic E-state index is 0.0286. The van der Waals surface area contributed by atoms with Crippen molar-refractivity contribution in [3.05, 3.63) is 23.2 Å². The highest BCUT2D eigenvalue weighted by Crippen LogP contribution is 2.32. The molecule has 0 radical (unpaired) electrons. The molecule has 1 aliphatic heterocycles. The maximum Gasteiger partial charge on any atom is 0.247 e. The Labute approximate surface area is 178 Å². The van der Waals surface area contributed by atoms with Crippen LogP contribution in [-0.2, 0) is 14.8 Å². The fraction of sp³-hybridized carbons (Fsp3) is 0.667. The Bertz CT molecular complexity index is 807. The first-order valence-electron chi connectivity index (χ1n) is 10.7. The van der Waals surface area contributed by atoms with Crippen LogP contribution in [-0.4, -0.2) is 42.9 Å². The van der Waals surface area contributed by atoms with Gasteiger partial charge in [0.2, 0.25) is 15.9 Å². The molecular weight excluding hydrogens is 412 g/mol. The molecule has 1 heterocycles. The predicted molar refractivity (Wildman–Crippen MR) is 113 cm³/mol. The van der Waals surface area contributed by atoms with Gasteiger partial charge in [-0.15, -0.1) is 0 Å². The lowest BCUT2D eigenvalue weighted by Crippen LogP contribution is -2.50. The summed E-state index contributed by atoms with van der Waals surface area (Å²) in [7, 11) is -3.90. The number of benzene rings is 1. The van der Waals surface area contributed by atoms with Crippen molar-refractivity contribution in [2.24, 2.45) is 5.92 Å². The van der Waals surface area contributed by atoms with Crippen molar-refractivity contribution in [2.75, 3.05) is 13.1 Å². The maximum atomic E-state index is 13.2. The number of hydrogen-bond donors (Lipinski definition) is 2. The molecule has 1 amide bonds. The van der Waals surface area contributed by atoms with Crippen LogP contribution in [0.5, 0.6) is 5.75 Å². The lowest BCUT2D eigenvalue weighted by Gasteiger charge is -2.35. The van der Waals surface area contributed by atoms with Gasteiger partial charge in [0.25, 0.3) is 0 Å². The van der Waals surface area contributed by atoms with Gasteiger partial charge in [0, 0.05) is 30.1 Å². The summed E-state index contributed by atoms with van der Waals surface area (Å²) in [6.07, 6.45) is 9.95. The van der Waals surface area contributed by atoms with E-state index < -0.39 is 10.0 Å². The van der Waals surface area contributed by atoms with Crippen molar-refractivity contribution in [2.45, 2.75) is 75.1 Å². The molecular formula is C21H31ClN2O4S. The second-order valence-corrected chi connectivity index (χ2v) is 10.5. The summed E-state index contributed by atoms with van der Waals surface area (Å²) in [6, 6.07) is 3.72. The zero-order chi connectivity index (χ0) is 20.9. The number of piperidine rings is 1. The Hall–Kier alpha value is -1.31. The lowest BCUT2D eigenvalue weighted by atomic mass is 9.90. The molecule has 1 unspecified atom stereocenters. The van der Waals surface area contributed by atoms with E-state index in [0.29, 0.717) is 19.5 Å². The molecule has 1 aromatic carbocycles. The van der Waals surface area contributed by atoms with Gasteiger partial charge in [-0.3, -0.25) is 4.79 Å². The van der Waals surface area contributed by atoms with Crippen LogP contribution in [0.1, 0.15) is 64.2 Å². The number of phenols is 1. The molecule has 1 aromatic rings. The van der Waals surface area contributed by atoms with Crippen molar-refractivity contribution < 1.29 is 18.3 Å². The van der Waals surface area contributed by atoms with Crippen LogP contribution < -0.4 is 5.32 Å². The normalized spacial score (nSPS) is 22.6. The monoisotopic (exact) mass is 442 g/mol. The largest absolute Gasteiger partial charge is 0.507 e. The number of halogens is 1. The topological polar surface area (TPSA) is 86.7 Å². The summed E-state index contributed by atoms with van der Waals surface area (Å²) < 4.78 is 27.8. The SMILES string of the molecule is O=C(NCC1CCCCN1S(=O)(=O)c1cc(Cl)ccc1O)C1CCCCCCC1. The molecule has 3 rings (SSSR count). The van der Waals surface area contributed by atoms with Gasteiger partial charge < -0.3 is 10.4 Å². The summed E-state index contributed by atoms with van der Waals surface area (Å²) in [5, 5.41) is 13.4. The zero-order valence-electron chi connectivity index (χ0n) is 16.8. The Morgan fingerprint density at radius 3 is 2.45 bits per heavy atom. The van der Waals surface area contributed by atoms with Crippen LogP contribution in [0.25, 0.3) is 0 Å². The van der Waals surface area contributed by atoms with Crippen LogP contribution in [0.4, 0.5) is 0 Å². The average molecular weight is 443 g/mol. The Balaban J connectivity index is 1.69. The number of nitrogens with one attached hydrogen (secondary N) is 1. The molecule has 1 saturated carbocycles. The molecule has 1 atom stereocenters. The highest BCUT2D eigenvalue weighted by Gasteiger charge is 2.35. The molecule has 29 heavy (non-hydrogen) atoms. The van der Waals surface area contributed by atoms with E-state index in [0.717, 1.165) is 38.5 Å². The number of carbonyl (C=O) groups is 1. The number of rotatable bonds is 5. The number of aromatic hydroxyl groups is 1. The van der Waals surface area contributed by atoms with Gasteiger partial charge in [-0.2, -0.15) is 4.31 Å². The number of hydrogen-bond acceptors (Lipinski definition) is 4. The molecule has 1 aliphatic carbocycles. The molecule has 2 fully saturated rings. The van der Waals surface area contributed by atoms with Crippen LogP contribution in [0.3, 0.4) is 0 Å². The number of amides is 1. The third-order valence-corrected chi connectivity index (χ3v) is 8.29. The Kier molecular flexibility index (Phi) is 7.82. The highest BCUT2D eigenvalue weighted by molar-refractivity contribution is 7.89. The van der Waals surface area contributed by atoms with Crippen molar-refractivity contribution >= 4 is 27.5 Å². The van der Waals surface area contributed by atoms with Crippen molar-refractivity contribution in [1.82, 2.24) is 9.62 Å². The van der Waals surface area contributed by atoms with E-state index in [9.17, 15) is 18.3 Å². The quantitative estimate of drug-likeness (QED) is 0.719. The van der Waals surface area contributed by atoms with E-state index in [2.05, 4.69) is 5.32 Å². The number of carbonyl (C=O) groups excluding carboxylic acids is 1. The van der Waals surface area contributed by atoms with Crippen molar-refractivity contribution in [1.29, 1.82) is 0 Å². The Morgan fingerprint density at radius 1 is 1.07 bits per heavy atom. The summed E-state index contributed by atoms with van der Waals surface area (Å²) in [5.41, 5.74) is 0. The number of phenolic OH excluding ortho intramolecular Hbond substituents is 1. The third kappa shape index (κ3) is 5.64. The standard InChI is InChI=1S/C21H31ClN2O4S/c22-17-11-12-19(25)20(14-17)29(27,28)24-13-7-6-10-18(24)15-23-21(26)16-8-4-2-1-3-5-9-16/h11-12,14,16,18,25H,1-10,13,15H2,(H,23,26). The summed E-state index contributed by atoms with van der Waals surface area (Å²) >= 11 is 5.96. The first-order chi connectivity index (χ1) is 13.9. The van der Waals surface area contributed by atoms with Gasteiger partial charge in [-0.25, -0.2) is 8.42 Å². The molecule has 0 aromatic heterocycles. The van der Waals surface area contributed by atoms with Crippen LogP contribution in [0, 0.1) is 5.92 Å². The second-order valence-electron chi connectivity index (χ2n) is 8.16. The summed E-state index contributed by atoms with van der Waals surface area (Å²) in [4.78, 5) is 12.5. The molecule has 162 valence electrons. The lowest BCUT2D eigenvalue weighted by molar-refractivity contribution is -0.125. The highest BCUT2D eigenvalue weighted by atomic mass is 35.5. The molecule has 1 saturated heterocycles. The van der Waals surface area contributed by atoms with E-state index in [1.54, 1.807) is 0 Å². The van der Waals surface area contributed by atoms with E-state index >= 15 is 0 Å². The Morgan fingerprint density at radius 2 is 1.72 bits per heavy atom. The third-order valence-electron chi connectivity index (χ3n) is 6.07. The van der Waals surface area contributed by atoms with E-state index in [4.69, 9.17) is 11.6 Å². The molecule has 0 bridgehead atoms. The van der Waals surface area contributed by atoms with E-state index in [1.807, 2.05) is 0 Å². The minimum atomic E-state index is -3.90. The van der Waals surface area contributed by atoms with Gasteiger partial charge in [0.05, 0.1) is 0 Å². The predicted octanol–water partition coefficient (Wildman–Crippen LogP) is 4.07. The fourth-order valence-electron chi connectivity index (χ4n) is 4.40. The van der Waals surface area contributed by atoms with Crippen LogP contribution >= 0.6 is 11.6 Å². The summed E-state index contributed by atoms with van der Waals surface area (Å²) in [6.45, 7) is 0.675. The van der Waals surface area contributed by atoms with E-state index in [-0.39, 0.29) is 33.5 Å². The van der Waals surface area contributed by atoms with E-state index in [1.165, 1.54) is 41.8 Å². The molecule has 6 nitrogen and oxygen atoms in total. The second kappa shape index (κ2) is 10.1. The number of sulfonamides is 1.